The summed E-state index contributed by atoms with van der Waals surface area (Å²) in [4.78, 5) is 43.2. The molecule has 0 spiro atoms. The zero-order chi connectivity index (χ0) is 27.3. The predicted molar refractivity (Wildman–Crippen MR) is 141 cm³/mol. The first-order chi connectivity index (χ1) is 17.3. The molecule has 0 amide bonds. The largest absolute Gasteiger partial charge is 0.481 e. The Hall–Kier alpha value is -2.12. The van der Waals surface area contributed by atoms with Crippen LogP contribution in [0.1, 0.15) is 142 Å². The van der Waals surface area contributed by atoms with Crippen LogP contribution < -0.4 is 0 Å². The van der Waals surface area contributed by atoms with Crippen LogP contribution in [-0.2, 0) is 28.7 Å². The van der Waals surface area contributed by atoms with E-state index in [4.69, 9.17) is 19.7 Å². The van der Waals surface area contributed by atoms with E-state index in [9.17, 15) is 19.2 Å². The van der Waals surface area contributed by atoms with E-state index >= 15 is 0 Å². The van der Waals surface area contributed by atoms with Gasteiger partial charge in [0.25, 0.3) is 0 Å². The Kier molecular flexibility index (Phi) is 29.1. The Morgan fingerprint density at radius 3 is 1.08 bits per heavy atom. The molecule has 212 valence electrons. The Labute approximate surface area is 218 Å². The monoisotopic (exact) mass is 516 g/mol. The number of rotatable bonds is 24. The fourth-order valence-corrected chi connectivity index (χ4v) is 3.37. The number of esters is 2. The highest BCUT2D eigenvalue weighted by molar-refractivity contribution is 5.70. The van der Waals surface area contributed by atoms with Crippen molar-refractivity contribution in [2.45, 2.75) is 142 Å². The fraction of sp³-hybridized carbons (Fsp3) is 0.857. The van der Waals surface area contributed by atoms with Gasteiger partial charge in [-0.3, -0.25) is 19.2 Å². The molecular formula is C28H52O8. The van der Waals surface area contributed by atoms with Crippen molar-refractivity contribution in [1.82, 2.24) is 0 Å². The minimum atomic E-state index is -0.740. The highest BCUT2D eigenvalue weighted by Crippen LogP contribution is 2.08. The normalized spacial score (nSPS) is 10.3. The van der Waals surface area contributed by atoms with Crippen molar-refractivity contribution < 1.29 is 38.9 Å². The molecule has 8 heteroatoms. The third-order valence-corrected chi connectivity index (χ3v) is 5.56. The SMILES string of the molecule is CCCCCCOC(=O)CCCCC(=O)OCCCCCC.O=C(O)CCCCCCCCC(=O)O. The van der Waals surface area contributed by atoms with Gasteiger partial charge < -0.3 is 19.7 Å². The average molecular weight is 517 g/mol. The number of carbonyl (C=O) groups excluding carboxylic acids is 2. The third kappa shape index (κ3) is 34.0. The van der Waals surface area contributed by atoms with Crippen molar-refractivity contribution in [1.29, 1.82) is 0 Å². The van der Waals surface area contributed by atoms with Crippen LogP contribution in [0, 0.1) is 0 Å². The molecule has 0 saturated carbocycles. The molecule has 0 bridgehead atoms. The van der Waals surface area contributed by atoms with E-state index in [0.29, 0.717) is 38.9 Å². The molecule has 0 rings (SSSR count). The molecule has 0 aromatic heterocycles. The second-order valence-electron chi connectivity index (χ2n) is 9.18. The maximum atomic E-state index is 11.5. The average Bonchev–Trinajstić information content (AvgIpc) is 2.83. The number of aliphatic carboxylic acids is 2. The summed E-state index contributed by atoms with van der Waals surface area (Å²) in [7, 11) is 0. The van der Waals surface area contributed by atoms with Crippen molar-refractivity contribution >= 4 is 23.9 Å². The Morgan fingerprint density at radius 1 is 0.444 bits per heavy atom. The molecule has 0 atom stereocenters. The molecule has 0 fully saturated rings. The van der Waals surface area contributed by atoms with Gasteiger partial charge in [0.15, 0.2) is 0 Å². The van der Waals surface area contributed by atoms with Crippen LogP contribution >= 0.6 is 0 Å². The molecule has 8 nitrogen and oxygen atoms in total. The molecule has 2 N–H and O–H groups in total. The van der Waals surface area contributed by atoms with Gasteiger partial charge in [0.1, 0.15) is 0 Å². The zero-order valence-corrected chi connectivity index (χ0v) is 22.9. The molecule has 36 heavy (non-hydrogen) atoms. The van der Waals surface area contributed by atoms with Crippen molar-refractivity contribution in [2.24, 2.45) is 0 Å². The summed E-state index contributed by atoms with van der Waals surface area (Å²) in [6.07, 6.45) is 16.9. The number of ether oxygens (including phenoxy) is 2. The molecular weight excluding hydrogens is 464 g/mol. The molecule has 0 aliphatic heterocycles. The van der Waals surface area contributed by atoms with E-state index in [0.717, 1.165) is 64.2 Å². The van der Waals surface area contributed by atoms with E-state index in [1.165, 1.54) is 25.7 Å². The summed E-state index contributed by atoms with van der Waals surface area (Å²) in [6, 6.07) is 0. The zero-order valence-electron chi connectivity index (χ0n) is 22.9. The second-order valence-corrected chi connectivity index (χ2v) is 9.18. The lowest BCUT2D eigenvalue weighted by Crippen LogP contribution is -2.08. The lowest BCUT2D eigenvalue weighted by atomic mass is 10.1. The number of carboxylic acid groups (broad SMARTS) is 2. The predicted octanol–water partition coefficient (Wildman–Crippen LogP) is 7.07. The Morgan fingerprint density at radius 2 is 0.750 bits per heavy atom. The van der Waals surface area contributed by atoms with Gasteiger partial charge in [-0.1, -0.05) is 78.1 Å². The number of hydrogen-bond donors (Lipinski definition) is 2. The summed E-state index contributed by atoms with van der Waals surface area (Å²) in [5.74, 6) is -1.78. The van der Waals surface area contributed by atoms with Crippen LogP contribution in [0.3, 0.4) is 0 Å². The summed E-state index contributed by atoms with van der Waals surface area (Å²) in [6.45, 7) is 5.36. The van der Waals surface area contributed by atoms with E-state index in [2.05, 4.69) is 13.8 Å². The van der Waals surface area contributed by atoms with Gasteiger partial charge in [0.05, 0.1) is 13.2 Å². The summed E-state index contributed by atoms with van der Waals surface area (Å²) in [5, 5.41) is 16.7. The minimum absolute atomic E-state index is 0.149. The van der Waals surface area contributed by atoms with Crippen LogP contribution in [-0.4, -0.2) is 47.3 Å². The van der Waals surface area contributed by atoms with Crippen molar-refractivity contribution in [3.05, 3.63) is 0 Å². The van der Waals surface area contributed by atoms with Gasteiger partial charge >= 0.3 is 23.9 Å². The lowest BCUT2D eigenvalue weighted by molar-refractivity contribution is -0.146. The number of unbranched alkanes of at least 4 members (excludes halogenated alkanes) is 12. The molecule has 0 heterocycles. The Balaban J connectivity index is 0. The summed E-state index contributed by atoms with van der Waals surface area (Å²) >= 11 is 0. The van der Waals surface area contributed by atoms with Gasteiger partial charge in [-0.25, -0.2) is 0 Å². The summed E-state index contributed by atoms with van der Waals surface area (Å²) < 4.78 is 10.3. The van der Waals surface area contributed by atoms with Crippen LogP contribution in [0.15, 0.2) is 0 Å². The maximum Gasteiger partial charge on any atom is 0.305 e. The number of hydrogen-bond acceptors (Lipinski definition) is 6. The van der Waals surface area contributed by atoms with Gasteiger partial charge in [-0.05, 0) is 38.5 Å². The first-order valence-electron chi connectivity index (χ1n) is 14.1. The molecule has 0 aromatic rings. The molecule has 0 unspecified atom stereocenters. The van der Waals surface area contributed by atoms with Gasteiger partial charge in [-0.2, -0.15) is 0 Å². The summed E-state index contributed by atoms with van der Waals surface area (Å²) in [5.41, 5.74) is 0. The van der Waals surface area contributed by atoms with Gasteiger partial charge in [0.2, 0.25) is 0 Å². The Bertz CT molecular complexity index is 500. The van der Waals surface area contributed by atoms with E-state index in [1.54, 1.807) is 0 Å². The van der Waals surface area contributed by atoms with Crippen LogP contribution in [0.4, 0.5) is 0 Å². The van der Waals surface area contributed by atoms with Crippen LogP contribution in [0.5, 0.6) is 0 Å². The van der Waals surface area contributed by atoms with E-state index < -0.39 is 11.9 Å². The smallest absolute Gasteiger partial charge is 0.305 e. The van der Waals surface area contributed by atoms with E-state index in [-0.39, 0.29) is 24.8 Å². The van der Waals surface area contributed by atoms with Crippen molar-refractivity contribution in [2.75, 3.05) is 13.2 Å². The molecule has 0 saturated heterocycles. The van der Waals surface area contributed by atoms with Crippen LogP contribution in [0.2, 0.25) is 0 Å². The van der Waals surface area contributed by atoms with Gasteiger partial charge in [0, 0.05) is 25.7 Å². The van der Waals surface area contributed by atoms with E-state index in [1.807, 2.05) is 0 Å². The fourth-order valence-electron chi connectivity index (χ4n) is 3.37. The maximum absolute atomic E-state index is 11.5. The number of carbonyl (C=O) groups is 4. The standard InChI is InChI=1S/C18H34O4.C10H18O4/c1-3-5-7-11-15-21-17(19)13-9-10-14-18(20)22-16-12-8-6-4-2;11-9(12)7-5-3-1-2-4-6-8-10(13)14/h3-16H2,1-2H3;1-8H2,(H,11,12)(H,13,14). The van der Waals surface area contributed by atoms with Crippen molar-refractivity contribution in [3.8, 4) is 0 Å². The third-order valence-electron chi connectivity index (χ3n) is 5.56. The minimum Gasteiger partial charge on any atom is -0.481 e. The molecule has 0 aromatic carbocycles. The first kappa shape index (κ1) is 36.0. The molecule has 0 aliphatic carbocycles. The quantitative estimate of drug-likeness (QED) is 0.103. The van der Waals surface area contributed by atoms with Crippen molar-refractivity contribution in [3.63, 3.8) is 0 Å². The second kappa shape index (κ2) is 29.1. The highest BCUT2D eigenvalue weighted by Gasteiger charge is 2.06. The van der Waals surface area contributed by atoms with Gasteiger partial charge in [-0.15, -0.1) is 0 Å². The topological polar surface area (TPSA) is 127 Å². The first-order valence-corrected chi connectivity index (χ1v) is 14.1. The van der Waals surface area contributed by atoms with Crippen LogP contribution in [0.25, 0.3) is 0 Å². The number of carboxylic acids is 2. The molecule has 0 aliphatic rings. The lowest BCUT2D eigenvalue weighted by Gasteiger charge is -2.05. The molecule has 0 radical (unpaired) electrons. The highest BCUT2D eigenvalue weighted by atomic mass is 16.5.